The fraction of sp³-hybridized carbons (Fsp3) is 0.188. The lowest BCUT2D eigenvalue weighted by Crippen LogP contribution is -2.25. The van der Waals surface area contributed by atoms with Crippen molar-refractivity contribution in [2.24, 2.45) is 11.5 Å². The fourth-order valence-corrected chi connectivity index (χ4v) is 2.92. The Morgan fingerprint density at radius 2 is 1.85 bits per heavy atom. The van der Waals surface area contributed by atoms with Gasteiger partial charge in [-0.3, -0.25) is 19.1 Å². The number of nitrogens with one attached hydrogen (secondary N) is 2. The van der Waals surface area contributed by atoms with E-state index in [1.807, 2.05) is 6.92 Å². The molecule has 11 nitrogen and oxygen atoms in total. The molecule has 0 unspecified atom stereocenters. The van der Waals surface area contributed by atoms with Crippen LogP contribution in [0, 0.1) is 6.92 Å². The first kappa shape index (κ1) is 17.9. The van der Waals surface area contributed by atoms with Crippen molar-refractivity contribution in [2.75, 3.05) is 11.1 Å². The van der Waals surface area contributed by atoms with E-state index in [0.29, 0.717) is 17.8 Å². The van der Waals surface area contributed by atoms with Crippen LogP contribution >= 0.6 is 0 Å². The maximum Gasteiger partial charge on any atom is 0.273 e. The van der Waals surface area contributed by atoms with Crippen LogP contribution in [0.2, 0.25) is 0 Å². The second kappa shape index (κ2) is 6.44. The molecule has 2 heterocycles. The summed E-state index contributed by atoms with van der Waals surface area (Å²) in [6.45, 7) is 4.06. The molecule has 3 rings (SSSR count). The van der Waals surface area contributed by atoms with Crippen molar-refractivity contribution in [3.63, 3.8) is 0 Å². The molecule has 140 valence electrons. The predicted octanol–water partition coefficient (Wildman–Crippen LogP) is 0.120. The minimum atomic E-state index is -0.942. The van der Waals surface area contributed by atoms with Gasteiger partial charge in [0, 0.05) is 6.54 Å². The lowest BCUT2D eigenvalue weighted by atomic mass is 10.0. The Morgan fingerprint density at radius 3 is 2.44 bits per heavy atom. The molecule has 2 aromatic heterocycles. The Hall–Kier alpha value is -3.89. The highest BCUT2D eigenvalue weighted by Gasteiger charge is 2.25. The largest absolute Gasteiger partial charge is 0.369 e. The molecule has 3 aromatic rings. The minimum absolute atomic E-state index is 0.0129. The summed E-state index contributed by atoms with van der Waals surface area (Å²) in [4.78, 5) is 43.4. The van der Waals surface area contributed by atoms with Crippen molar-refractivity contribution >= 4 is 40.4 Å². The first-order valence-corrected chi connectivity index (χ1v) is 8.00. The molecule has 0 spiro atoms. The average molecular weight is 370 g/mol. The van der Waals surface area contributed by atoms with E-state index in [1.54, 1.807) is 13.0 Å². The highest BCUT2D eigenvalue weighted by atomic mass is 16.2. The number of aromatic amines is 1. The number of nitrogens with two attached hydrogens (primary N) is 3. The number of carbonyl (C=O) groups excluding carboxylic acids is 3. The lowest BCUT2D eigenvalue weighted by Gasteiger charge is -2.13. The third-order valence-electron chi connectivity index (χ3n) is 3.97. The summed E-state index contributed by atoms with van der Waals surface area (Å²) in [6.07, 6.45) is 0. The van der Waals surface area contributed by atoms with Crippen LogP contribution < -0.4 is 22.5 Å². The fourth-order valence-electron chi connectivity index (χ4n) is 2.92. The number of hydrogen-bond donors (Lipinski definition) is 5. The average Bonchev–Trinajstić information content (AvgIpc) is 3.14. The lowest BCUT2D eigenvalue weighted by molar-refractivity contribution is 0.0968. The number of aryl methyl sites for hydroxylation is 2. The van der Waals surface area contributed by atoms with Crippen LogP contribution in [0.5, 0.6) is 0 Å². The molecule has 3 amide bonds. The van der Waals surface area contributed by atoms with Crippen LogP contribution in [0.1, 0.15) is 43.8 Å². The van der Waals surface area contributed by atoms with Gasteiger partial charge in [-0.25, -0.2) is 4.98 Å². The van der Waals surface area contributed by atoms with Crippen molar-refractivity contribution in [2.45, 2.75) is 20.4 Å². The van der Waals surface area contributed by atoms with E-state index in [4.69, 9.17) is 17.2 Å². The third-order valence-corrected chi connectivity index (χ3v) is 3.97. The van der Waals surface area contributed by atoms with Crippen LogP contribution in [0.4, 0.5) is 11.6 Å². The number of amides is 3. The van der Waals surface area contributed by atoms with Crippen LogP contribution in [0.15, 0.2) is 12.1 Å². The van der Waals surface area contributed by atoms with Crippen molar-refractivity contribution in [3.8, 4) is 0 Å². The molecule has 0 aliphatic rings. The number of carbonyl (C=O) groups is 3. The van der Waals surface area contributed by atoms with E-state index in [1.165, 1.54) is 10.7 Å². The molecule has 0 aliphatic heterocycles. The molecule has 0 saturated heterocycles. The molecular formula is C16H18N8O3. The molecule has 8 N–H and O–H groups in total. The Bertz CT molecular complexity index is 1090. The number of nitrogen functional groups attached to an aromatic ring is 1. The maximum absolute atomic E-state index is 12.7. The number of hydrogen-bond acceptors (Lipinski definition) is 6. The standard InChI is InChI=1S/C16H18N8O3/c1-3-24-9(4-6(2)23-24)15(27)20-7-5-8-12(22-16(19)21-8)11(14(18)26)10(7)13(17)25/h4-5H,3H2,1-2H3,(H2,17,25)(H2,18,26)(H,20,27)(H3,19,21,22). The predicted molar refractivity (Wildman–Crippen MR) is 98.1 cm³/mol. The van der Waals surface area contributed by atoms with Crippen LogP contribution in [0.3, 0.4) is 0 Å². The normalized spacial score (nSPS) is 10.9. The van der Waals surface area contributed by atoms with E-state index in [0.717, 1.165) is 0 Å². The summed E-state index contributed by atoms with van der Waals surface area (Å²) in [5.74, 6) is -2.37. The zero-order valence-electron chi connectivity index (χ0n) is 14.7. The quantitative estimate of drug-likeness (QED) is 0.424. The molecule has 0 fully saturated rings. The van der Waals surface area contributed by atoms with Crippen molar-refractivity contribution in [1.29, 1.82) is 0 Å². The van der Waals surface area contributed by atoms with Gasteiger partial charge in [-0.05, 0) is 26.0 Å². The SMILES string of the molecule is CCn1nc(C)cc1C(=O)Nc1cc2[nH]c(N)nc2c(C(N)=O)c1C(N)=O. The summed E-state index contributed by atoms with van der Waals surface area (Å²) >= 11 is 0. The summed E-state index contributed by atoms with van der Waals surface area (Å²) in [5.41, 5.74) is 17.4. The summed E-state index contributed by atoms with van der Waals surface area (Å²) < 4.78 is 1.51. The molecule has 0 saturated carbocycles. The zero-order chi connectivity index (χ0) is 19.9. The molecule has 1 aromatic carbocycles. The van der Waals surface area contributed by atoms with E-state index in [9.17, 15) is 14.4 Å². The van der Waals surface area contributed by atoms with Gasteiger partial charge in [-0.1, -0.05) is 0 Å². The molecule has 11 heteroatoms. The zero-order valence-corrected chi connectivity index (χ0v) is 14.7. The number of imidazole rings is 1. The van der Waals surface area contributed by atoms with Gasteiger partial charge in [0.15, 0.2) is 5.95 Å². The first-order chi connectivity index (χ1) is 12.7. The highest BCUT2D eigenvalue weighted by molar-refractivity contribution is 6.19. The van der Waals surface area contributed by atoms with E-state index in [-0.39, 0.29) is 34.0 Å². The number of primary amides is 2. The van der Waals surface area contributed by atoms with Crippen LogP contribution in [-0.4, -0.2) is 37.5 Å². The molecule has 27 heavy (non-hydrogen) atoms. The number of aromatic nitrogens is 4. The van der Waals surface area contributed by atoms with Gasteiger partial charge < -0.3 is 27.5 Å². The molecule has 0 atom stereocenters. The van der Waals surface area contributed by atoms with Gasteiger partial charge in [0.1, 0.15) is 11.2 Å². The summed E-state index contributed by atoms with van der Waals surface area (Å²) in [5, 5.41) is 6.80. The van der Waals surface area contributed by atoms with E-state index >= 15 is 0 Å². The molecule has 0 radical (unpaired) electrons. The van der Waals surface area contributed by atoms with Gasteiger partial charge >= 0.3 is 0 Å². The monoisotopic (exact) mass is 370 g/mol. The molecule has 0 aliphatic carbocycles. The first-order valence-electron chi connectivity index (χ1n) is 8.00. The number of H-pyrrole nitrogens is 1. The number of anilines is 2. The Labute approximate surface area is 152 Å². The van der Waals surface area contributed by atoms with Crippen molar-refractivity contribution in [3.05, 3.63) is 34.6 Å². The summed E-state index contributed by atoms with van der Waals surface area (Å²) in [7, 11) is 0. The molecular weight excluding hydrogens is 352 g/mol. The van der Waals surface area contributed by atoms with Gasteiger partial charge in [0.25, 0.3) is 17.7 Å². The Balaban J connectivity index is 2.18. The van der Waals surface area contributed by atoms with Gasteiger partial charge in [0.2, 0.25) is 0 Å². The topological polar surface area (TPSA) is 188 Å². The van der Waals surface area contributed by atoms with Gasteiger partial charge in [-0.2, -0.15) is 5.10 Å². The van der Waals surface area contributed by atoms with Gasteiger partial charge in [-0.15, -0.1) is 0 Å². The van der Waals surface area contributed by atoms with Crippen molar-refractivity contribution in [1.82, 2.24) is 19.7 Å². The van der Waals surface area contributed by atoms with E-state index in [2.05, 4.69) is 20.4 Å². The Kier molecular flexibility index (Phi) is 4.27. The van der Waals surface area contributed by atoms with E-state index < -0.39 is 17.7 Å². The smallest absolute Gasteiger partial charge is 0.273 e. The van der Waals surface area contributed by atoms with Crippen LogP contribution in [0.25, 0.3) is 11.0 Å². The number of rotatable bonds is 5. The molecule has 0 bridgehead atoms. The number of fused-ring (bicyclic) bond motifs is 1. The van der Waals surface area contributed by atoms with Gasteiger partial charge in [0.05, 0.1) is 28.0 Å². The maximum atomic E-state index is 12.7. The van der Waals surface area contributed by atoms with Crippen molar-refractivity contribution < 1.29 is 14.4 Å². The minimum Gasteiger partial charge on any atom is -0.369 e. The number of nitrogens with zero attached hydrogens (tertiary/aromatic N) is 3. The third kappa shape index (κ3) is 3.05. The highest BCUT2D eigenvalue weighted by Crippen LogP contribution is 2.29. The summed E-state index contributed by atoms with van der Waals surface area (Å²) in [6, 6.07) is 3.02. The Morgan fingerprint density at radius 1 is 1.19 bits per heavy atom. The van der Waals surface area contributed by atoms with Crippen LogP contribution in [-0.2, 0) is 6.54 Å². The second-order valence-corrected chi connectivity index (χ2v) is 5.86. The second-order valence-electron chi connectivity index (χ2n) is 5.86. The number of benzene rings is 1.